The zero-order chi connectivity index (χ0) is 38.9. The van der Waals surface area contributed by atoms with Crippen molar-refractivity contribution in [1.29, 1.82) is 0 Å². The van der Waals surface area contributed by atoms with Gasteiger partial charge in [-0.2, -0.15) is 0 Å². The average molecular weight is 764 g/mol. The van der Waals surface area contributed by atoms with Gasteiger partial charge < -0.3 is 20.1 Å². The lowest BCUT2D eigenvalue weighted by Crippen LogP contribution is -2.29. The van der Waals surface area contributed by atoms with Crippen LogP contribution in [0.25, 0.3) is 0 Å². The molecule has 10 heteroatoms. The van der Waals surface area contributed by atoms with Crippen LogP contribution in [0.1, 0.15) is 155 Å². The molecule has 0 aliphatic rings. The summed E-state index contributed by atoms with van der Waals surface area (Å²) >= 11 is 0. The maximum Gasteiger partial charge on any atom is 0.472 e. The topological polar surface area (TPSA) is 134 Å². The van der Waals surface area contributed by atoms with Crippen LogP contribution in [0.3, 0.4) is 0 Å². The quantitative estimate of drug-likeness (QED) is 0.0274. The molecule has 3 N–H and O–H groups in total. The third kappa shape index (κ3) is 39.0. The second-order valence-electron chi connectivity index (χ2n) is 13.1. The first kappa shape index (κ1) is 50.5. The number of esters is 2. The van der Waals surface area contributed by atoms with Crippen LogP contribution in [0.15, 0.2) is 72.9 Å². The molecule has 0 aliphatic carbocycles. The zero-order valence-electron chi connectivity index (χ0n) is 33.2. The van der Waals surface area contributed by atoms with E-state index in [1.54, 1.807) is 0 Å². The molecular formula is C43H74NO8P. The monoisotopic (exact) mass is 764 g/mol. The van der Waals surface area contributed by atoms with Crippen molar-refractivity contribution in [2.24, 2.45) is 5.73 Å². The average Bonchev–Trinajstić information content (AvgIpc) is 3.14. The van der Waals surface area contributed by atoms with E-state index in [-0.39, 0.29) is 32.6 Å². The van der Waals surface area contributed by atoms with E-state index < -0.39 is 32.5 Å². The van der Waals surface area contributed by atoms with Crippen LogP contribution in [-0.4, -0.2) is 49.3 Å². The number of unbranched alkanes of at least 4 members (excludes halogenated alkanes) is 12. The Labute approximate surface area is 322 Å². The van der Waals surface area contributed by atoms with E-state index in [9.17, 15) is 19.0 Å². The molecule has 0 saturated carbocycles. The first-order valence-electron chi connectivity index (χ1n) is 20.4. The molecule has 0 aliphatic heterocycles. The summed E-state index contributed by atoms with van der Waals surface area (Å²) in [5, 5.41) is 0. The van der Waals surface area contributed by atoms with Crippen LogP contribution >= 0.6 is 7.82 Å². The summed E-state index contributed by atoms with van der Waals surface area (Å²) in [4.78, 5) is 34.8. The molecule has 0 rings (SSSR count). The molecule has 0 heterocycles. The van der Waals surface area contributed by atoms with Crippen molar-refractivity contribution in [3.63, 3.8) is 0 Å². The van der Waals surface area contributed by atoms with E-state index >= 15 is 0 Å². The highest BCUT2D eigenvalue weighted by atomic mass is 31.2. The fourth-order valence-corrected chi connectivity index (χ4v) is 5.83. The third-order valence-corrected chi connectivity index (χ3v) is 9.06. The Hall–Kier alpha value is -2.55. The standard InChI is InChI=1S/C43H74NO8P/c1-3-5-7-9-11-13-15-17-18-19-20-21-22-24-26-28-30-32-34-36-43(46)52-41(40-51-53(47,48)50-38-37-44)39-49-42(45)35-33-31-29-27-25-23-16-14-12-10-8-6-4-2/h5,7,11,13-14,16-18,20-21,24,26,41H,3-4,6,8-10,12,15,19,22-23,25,27-40,44H2,1-2H3,(H,47,48)/b7-5-,13-11-,16-14-,18-17-,21-20-,26-24-/t41-/m1/s1. The molecule has 304 valence electrons. The predicted molar refractivity (Wildman–Crippen MR) is 219 cm³/mol. The number of ether oxygens (including phenoxy) is 2. The smallest absolute Gasteiger partial charge is 0.462 e. The molecule has 0 spiro atoms. The van der Waals surface area contributed by atoms with Gasteiger partial charge in [0.15, 0.2) is 6.10 Å². The molecule has 0 amide bonds. The molecular weight excluding hydrogens is 689 g/mol. The van der Waals surface area contributed by atoms with Gasteiger partial charge >= 0.3 is 19.8 Å². The van der Waals surface area contributed by atoms with Crippen LogP contribution in [0.4, 0.5) is 0 Å². The third-order valence-electron chi connectivity index (χ3n) is 8.08. The van der Waals surface area contributed by atoms with Gasteiger partial charge in [0.05, 0.1) is 13.2 Å². The number of phosphoric ester groups is 1. The van der Waals surface area contributed by atoms with Gasteiger partial charge in [-0.3, -0.25) is 18.6 Å². The summed E-state index contributed by atoms with van der Waals surface area (Å²) in [6.07, 6.45) is 46.4. The Morgan fingerprint density at radius 3 is 1.58 bits per heavy atom. The van der Waals surface area contributed by atoms with Crippen molar-refractivity contribution < 1.29 is 37.6 Å². The second-order valence-corrected chi connectivity index (χ2v) is 14.6. The second kappa shape index (κ2) is 39.2. The zero-order valence-corrected chi connectivity index (χ0v) is 34.1. The maximum atomic E-state index is 12.6. The van der Waals surface area contributed by atoms with E-state index in [2.05, 4.69) is 86.8 Å². The number of hydrogen-bond donors (Lipinski definition) is 2. The van der Waals surface area contributed by atoms with Crippen molar-refractivity contribution in [3.05, 3.63) is 72.9 Å². The Morgan fingerprint density at radius 1 is 0.585 bits per heavy atom. The Morgan fingerprint density at radius 2 is 1.04 bits per heavy atom. The minimum Gasteiger partial charge on any atom is -0.462 e. The predicted octanol–water partition coefficient (Wildman–Crippen LogP) is 11.5. The first-order chi connectivity index (χ1) is 25.8. The van der Waals surface area contributed by atoms with Gasteiger partial charge in [0.1, 0.15) is 6.61 Å². The molecule has 0 bridgehead atoms. The number of allylic oxidation sites excluding steroid dienone is 12. The van der Waals surface area contributed by atoms with Crippen molar-refractivity contribution in [3.8, 4) is 0 Å². The number of rotatable bonds is 37. The number of nitrogens with two attached hydrogens (primary N) is 1. The summed E-state index contributed by atoms with van der Waals surface area (Å²) < 4.78 is 32.7. The molecule has 9 nitrogen and oxygen atoms in total. The lowest BCUT2D eigenvalue weighted by atomic mass is 10.1. The van der Waals surface area contributed by atoms with Gasteiger partial charge in [-0.05, 0) is 83.5 Å². The highest BCUT2D eigenvalue weighted by Crippen LogP contribution is 2.43. The largest absolute Gasteiger partial charge is 0.472 e. The van der Waals surface area contributed by atoms with Crippen LogP contribution in [0, 0.1) is 0 Å². The van der Waals surface area contributed by atoms with Crippen molar-refractivity contribution in [2.45, 2.75) is 161 Å². The molecule has 1 unspecified atom stereocenters. The number of phosphoric acid groups is 1. The summed E-state index contributed by atoms with van der Waals surface area (Å²) in [5.41, 5.74) is 5.34. The highest BCUT2D eigenvalue weighted by molar-refractivity contribution is 7.47. The van der Waals surface area contributed by atoms with E-state index in [1.165, 1.54) is 32.1 Å². The van der Waals surface area contributed by atoms with Crippen molar-refractivity contribution in [1.82, 2.24) is 0 Å². The fourth-order valence-electron chi connectivity index (χ4n) is 5.07. The molecule has 0 fully saturated rings. The van der Waals surface area contributed by atoms with Crippen molar-refractivity contribution in [2.75, 3.05) is 26.4 Å². The van der Waals surface area contributed by atoms with E-state index in [4.69, 9.17) is 24.3 Å². The van der Waals surface area contributed by atoms with Gasteiger partial charge in [-0.1, -0.05) is 132 Å². The minimum atomic E-state index is -4.39. The van der Waals surface area contributed by atoms with E-state index in [0.717, 1.165) is 83.5 Å². The van der Waals surface area contributed by atoms with E-state index in [1.807, 2.05) is 0 Å². The molecule has 0 aromatic rings. The van der Waals surface area contributed by atoms with Crippen molar-refractivity contribution >= 4 is 19.8 Å². The molecule has 0 saturated heterocycles. The van der Waals surface area contributed by atoms with Crippen LogP contribution in [-0.2, 0) is 32.7 Å². The summed E-state index contributed by atoms with van der Waals surface area (Å²) in [7, 11) is -4.39. The van der Waals surface area contributed by atoms with Gasteiger partial charge in [0, 0.05) is 19.4 Å². The normalized spacial score (nSPS) is 14.1. The lowest BCUT2D eigenvalue weighted by molar-refractivity contribution is -0.161. The number of hydrogen-bond acceptors (Lipinski definition) is 8. The highest BCUT2D eigenvalue weighted by Gasteiger charge is 2.25. The molecule has 53 heavy (non-hydrogen) atoms. The fraction of sp³-hybridized carbons (Fsp3) is 0.674. The van der Waals surface area contributed by atoms with E-state index in [0.29, 0.717) is 12.8 Å². The van der Waals surface area contributed by atoms with Crippen LogP contribution in [0.2, 0.25) is 0 Å². The minimum absolute atomic E-state index is 0.0429. The van der Waals surface area contributed by atoms with Crippen LogP contribution in [0.5, 0.6) is 0 Å². The Bertz CT molecular complexity index is 1100. The summed E-state index contributed by atoms with van der Waals surface area (Å²) in [6, 6.07) is 0. The maximum absolute atomic E-state index is 12.6. The summed E-state index contributed by atoms with van der Waals surface area (Å²) in [5.74, 6) is -0.884. The molecule has 2 atom stereocenters. The Balaban J connectivity index is 4.29. The van der Waals surface area contributed by atoms with Gasteiger partial charge in [-0.15, -0.1) is 0 Å². The lowest BCUT2D eigenvalue weighted by Gasteiger charge is -2.19. The van der Waals surface area contributed by atoms with Gasteiger partial charge in [0.25, 0.3) is 0 Å². The SMILES string of the molecule is CC/C=C\C/C=C\C/C=C\C/C=C\C/C=C\CCCCCC(=O)O[C@H](COC(=O)CCCCCCC/C=C\CCCCCC)COP(=O)(O)OCCN. The summed E-state index contributed by atoms with van der Waals surface area (Å²) in [6.45, 7) is 3.53. The van der Waals surface area contributed by atoms with Gasteiger partial charge in [0.2, 0.25) is 0 Å². The molecule has 0 aromatic heterocycles. The number of carbonyl (C=O) groups is 2. The first-order valence-corrected chi connectivity index (χ1v) is 21.9. The Kier molecular flexibility index (Phi) is 37.3. The number of carbonyl (C=O) groups excluding carboxylic acids is 2. The molecule has 0 aromatic carbocycles. The van der Waals surface area contributed by atoms with Gasteiger partial charge in [-0.25, -0.2) is 4.57 Å². The van der Waals surface area contributed by atoms with Crippen LogP contribution < -0.4 is 5.73 Å². The molecule has 0 radical (unpaired) electrons.